The normalized spacial score (nSPS) is 14.4. The summed E-state index contributed by atoms with van der Waals surface area (Å²) in [5.74, 6) is 0.783. The van der Waals surface area contributed by atoms with Gasteiger partial charge in [0.15, 0.2) is 5.82 Å². The van der Waals surface area contributed by atoms with E-state index in [1.807, 2.05) is 18.3 Å². The highest BCUT2D eigenvalue weighted by Gasteiger charge is 2.20. The summed E-state index contributed by atoms with van der Waals surface area (Å²) < 4.78 is 1.14. The van der Waals surface area contributed by atoms with E-state index in [1.54, 1.807) is 12.4 Å². The average Bonchev–Trinajstić information content (AvgIpc) is 3.12. The summed E-state index contributed by atoms with van der Waals surface area (Å²) in [5.41, 5.74) is 5.88. The first-order chi connectivity index (χ1) is 13.3. The number of fused-ring (bicyclic) bond motifs is 2. The van der Waals surface area contributed by atoms with Crippen LogP contribution in [0.15, 0.2) is 59.6 Å². The minimum absolute atomic E-state index is 0.783. The van der Waals surface area contributed by atoms with Crippen LogP contribution in [0.2, 0.25) is 0 Å². The van der Waals surface area contributed by atoms with Crippen molar-refractivity contribution in [3.63, 3.8) is 0 Å². The summed E-state index contributed by atoms with van der Waals surface area (Å²) in [5, 5.41) is 1.27. The molecule has 1 aliphatic rings. The number of hydrogen-bond donors (Lipinski definition) is 1. The molecule has 0 spiro atoms. The molecule has 0 unspecified atom stereocenters. The van der Waals surface area contributed by atoms with Gasteiger partial charge in [-0.25, -0.2) is 9.97 Å². The zero-order valence-corrected chi connectivity index (χ0v) is 16.3. The van der Waals surface area contributed by atoms with Gasteiger partial charge < -0.3 is 4.98 Å². The molecule has 4 aromatic rings. The zero-order valence-electron chi connectivity index (χ0n) is 14.7. The van der Waals surface area contributed by atoms with Crippen molar-refractivity contribution in [3.05, 3.63) is 76.4 Å². The highest BCUT2D eigenvalue weighted by molar-refractivity contribution is 9.10. The Morgan fingerprint density at radius 1 is 1.15 bits per heavy atom. The lowest BCUT2D eigenvalue weighted by atomic mass is 10.1. The van der Waals surface area contributed by atoms with Gasteiger partial charge in [0, 0.05) is 77.3 Å². The van der Waals surface area contributed by atoms with Gasteiger partial charge in [0.25, 0.3) is 0 Å². The molecule has 0 amide bonds. The number of H-pyrrole nitrogens is 1. The molecule has 6 heteroatoms. The van der Waals surface area contributed by atoms with Gasteiger partial charge in [0.1, 0.15) is 0 Å². The van der Waals surface area contributed by atoms with Crippen LogP contribution >= 0.6 is 15.9 Å². The van der Waals surface area contributed by atoms with E-state index >= 15 is 0 Å². The summed E-state index contributed by atoms with van der Waals surface area (Å²) in [6.07, 6.45) is 8.60. The molecule has 0 bridgehead atoms. The molecular formula is C21H18BrN5. The predicted octanol–water partition coefficient (Wildman–Crippen LogP) is 4.34. The number of rotatable bonds is 3. The molecule has 0 saturated heterocycles. The third-order valence-corrected chi connectivity index (χ3v) is 5.74. The molecule has 0 fully saturated rings. The Labute approximate surface area is 165 Å². The first-order valence-corrected chi connectivity index (χ1v) is 9.79. The van der Waals surface area contributed by atoms with E-state index in [1.165, 1.54) is 22.0 Å². The number of aromatic nitrogens is 4. The second-order valence-corrected chi connectivity index (χ2v) is 7.69. The lowest BCUT2D eigenvalue weighted by Gasteiger charge is -2.28. The Morgan fingerprint density at radius 2 is 2.04 bits per heavy atom. The Morgan fingerprint density at radius 3 is 2.93 bits per heavy atom. The molecule has 4 heterocycles. The largest absolute Gasteiger partial charge is 0.361 e. The first kappa shape index (κ1) is 16.6. The molecule has 5 rings (SSSR count). The van der Waals surface area contributed by atoms with Crippen LogP contribution in [-0.4, -0.2) is 31.4 Å². The van der Waals surface area contributed by atoms with Crippen molar-refractivity contribution in [2.45, 2.75) is 19.5 Å². The molecule has 27 heavy (non-hydrogen) atoms. The van der Waals surface area contributed by atoms with Crippen LogP contribution < -0.4 is 0 Å². The molecule has 5 nitrogen and oxygen atoms in total. The van der Waals surface area contributed by atoms with E-state index in [0.717, 1.165) is 47.6 Å². The van der Waals surface area contributed by atoms with E-state index < -0.39 is 0 Å². The number of benzene rings is 1. The van der Waals surface area contributed by atoms with Crippen molar-refractivity contribution in [1.29, 1.82) is 0 Å². The van der Waals surface area contributed by atoms with Crippen LogP contribution in [0, 0.1) is 0 Å². The van der Waals surface area contributed by atoms with E-state index in [2.05, 4.69) is 60.2 Å². The predicted molar refractivity (Wildman–Crippen MR) is 109 cm³/mol. The van der Waals surface area contributed by atoms with Gasteiger partial charge in [0.05, 0.1) is 5.69 Å². The molecular weight excluding hydrogens is 402 g/mol. The van der Waals surface area contributed by atoms with Crippen LogP contribution in [0.25, 0.3) is 22.3 Å². The standard InChI is InChI=1S/C21H18BrN5/c22-17-2-1-3-19-20(17)16(11-24-19)13-27-9-6-18-15(12-27)10-25-21(26-18)14-4-7-23-8-5-14/h1-5,7-8,10-11,24H,6,9,12-13H2. The molecule has 134 valence electrons. The lowest BCUT2D eigenvalue weighted by molar-refractivity contribution is 0.244. The number of hydrogen-bond acceptors (Lipinski definition) is 4. The Kier molecular flexibility index (Phi) is 4.22. The van der Waals surface area contributed by atoms with Crippen molar-refractivity contribution in [1.82, 2.24) is 24.8 Å². The van der Waals surface area contributed by atoms with Gasteiger partial charge >= 0.3 is 0 Å². The van der Waals surface area contributed by atoms with Crippen LogP contribution in [0.1, 0.15) is 16.8 Å². The maximum atomic E-state index is 4.80. The minimum Gasteiger partial charge on any atom is -0.361 e. The van der Waals surface area contributed by atoms with Crippen molar-refractivity contribution in [2.75, 3.05) is 6.54 Å². The van der Waals surface area contributed by atoms with Crippen molar-refractivity contribution in [3.8, 4) is 11.4 Å². The zero-order chi connectivity index (χ0) is 18.2. The van der Waals surface area contributed by atoms with Gasteiger partial charge in [-0.05, 0) is 29.8 Å². The van der Waals surface area contributed by atoms with Crippen LogP contribution in [0.4, 0.5) is 0 Å². The van der Waals surface area contributed by atoms with E-state index in [9.17, 15) is 0 Å². The molecule has 0 radical (unpaired) electrons. The molecule has 1 N–H and O–H groups in total. The van der Waals surface area contributed by atoms with Gasteiger partial charge in [-0.1, -0.05) is 22.0 Å². The third-order valence-electron chi connectivity index (χ3n) is 5.08. The third kappa shape index (κ3) is 3.15. The minimum atomic E-state index is 0.783. The summed E-state index contributed by atoms with van der Waals surface area (Å²) in [6.45, 7) is 2.79. The van der Waals surface area contributed by atoms with Crippen molar-refractivity contribution in [2.24, 2.45) is 0 Å². The summed E-state index contributed by atoms with van der Waals surface area (Å²) in [4.78, 5) is 19.3. The Balaban J connectivity index is 1.38. The van der Waals surface area contributed by atoms with Gasteiger partial charge in [-0.2, -0.15) is 0 Å². The molecule has 1 aliphatic heterocycles. The second kappa shape index (κ2) is 6.87. The topological polar surface area (TPSA) is 57.7 Å². The first-order valence-electron chi connectivity index (χ1n) is 9.00. The van der Waals surface area contributed by atoms with Gasteiger partial charge in [-0.15, -0.1) is 0 Å². The monoisotopic (exact) mass is 419 g/mol. The van der Waals surface area contributed by atoms with Crippen LogP contribution in [-0.2, 0) is 19.5 Å². The number of nitrogens with zero attached hydrogens (tertiary/aromatic N) is 4. The fraction of sp³-hybridized carbons (Fsp3) is 0.190. The number of halogens is 1. The lowest BCUT2D eigenvalue weighted by Crippen LogP contribution is -2.30. The van der Waals surface area contributed by atoms with Crippen LogP contribution in [0.5, 0.6) is 0 Å². The maximum Gasteiger partial charge on any atom is 0.159 e. The molecule has 3 aromatic heterocycles. The van der Waals surface area contributed by atoms with Crippen molar-refractivity contribution < 1.29 is 0 Å². The fourth-order valence-electron chi connectivity index (χ4n) is 3.72. The van der Waals surface area contributed by atoms with Crippen molar-refractivity contribution >= 4 is 26.8 Å². The molecule has 0 atom stereocenters. The second-order valence-electron chi connectivity index (χ2n) is 6.84. The number of pyridine rings is 1. The number of aromatic amines is 1. The van der Waals surface area contributed by atoms with E-state index in [4.69, 9.17) is 4.98 Å². The van der Waals surface area contributed by atoms with Crippen LogP contribution in [0.3, 0.4) is 0 Å². The van der Waals surface area contributed by atoms with E-state index in [-0.39, 0.29) is 0 Å². The SMILES string of the molecule is Brc1cccc2[nH]cc(CN3CCc4nc(-c5ccncc5)ncc4C3)c12. The quantitative estimate of drug-likeness (QED) is 0.536. The Hall–Kier alpha value is -2.57. The molecule has 1 aromatic carbocycles. The number of nitrogens with one attached hydrogen (secondary N) is 1. The maximum absolute atomic E-state index is 4.80. The highest BCUT2D eigenvalue weighted by atomic mass is 79.9. The smallest absolute Gasteiger partial charge is 0.159 e. The summed E-state index contributed by atoms with van der Waals surface area (Å²) in [6, 6.07) is 10.2. The summed E-state index contributed by atoms with van der Waals surface area (Å²) in [7, 11) is 0. The molecule has 0 saturated carbocycles. The molecule has 0 aliphatic carbocycles. The van der Waals surface area contributed by atoms with E-state index in [0.29, 0.717) is 0 Å². The summed E-state index contributed by atoms with van der Waals surface area (Å²) >= 11 is 3.68. The van der Waals surface area contributed by atoms with Gasteiger partial charge in [0.2, 0.25) is 0 Å². The highest BCUT2D eigenvalue weighted by Crippen LogP contribution is 2.29. The average molecular weight is 420 g/mol. The van der Waals surface area contributed by atoms with Gasteiger partial charge in [-0.3, -0.25) is 9.88 Å². The fourth-order valence-corrected chi connectivity index (χ4v) is 4.34. The Bertz CT molecular complexity index is 1110.